The van der Waals surface area contributed by atoms with Crippen molar-refractivity contribution < 1.29 is 4.79 Å². The van der Waals surface area contributed by atoms with Gasteiger partial charge in [-0.3, -0.25) is 15.1 Å². The van der Waals surface area contributed by atoms with Crippen LogP contribution in [-0.2, 0) is 11.8 Å². The van der Waals surface area contributed by atoms with Crippen molar-refractivity contribution in [2.24, 2.45) is 4.99 Å². The van der Waals surface area contributed by atoms with Gasteiger partial charge in [-0.25, -0.2) is 4.98 Å². The maximum atomic E-state index is 12.8. The Kier molecular flexibility index (Phi) is 6.90. The van der Waals surface area contributed by atoms with Gasteiger partial charge >= 0.3 is 0 Å². The number of hydrogen-bond donors (Lipinski definition) is 3. The van der Waals surface area contributed by atoms with Gasteiger partial charge in [0.1, 0.15) is 0 Å². The van der Waals surface area contributed by atoms with E-state index in [2.05, 4.69) is 52.4 Å². The SMILES string of the molecule is CC(C)(C)c1ccccc1NC(=NCCc1cnc[nH]1)NC(=O)c1cccc(Cl)c1. The number of guanidine groups is 1. The average Bonchev–Trinajstić information content (AvgIpc) is 3.21. The van der Waals surface area contributed by atoms with E-state index in [0.717, 1.165) is 16.9 Å². The van der Waals surface area contributed by atoms with E-state index in [9.17, 15) is 4.79 Å². The number of nitrogens with one attached hydrogen (secondary N) is 3. The maximum Gasteiger partial charge on any atom is 0.258 e. The van der Waals surface area contributed by atoms with E-state index in [1.807, 2.05) is 18.2 Å². The van der Waals surface area contributed by atoms with Crippen LogP contribution in [0, 0.1) is 0 Å². The Labute approximate surface area is 181 Å². The number of aliphatic imine (C=N–C) groups is 1. The monoisotopic (exact) mass is 423 g/mol. The Morgan fingerprint density at radius 1 is 1.17 bits per heavy atom. The van der Waals surface area contributed by atoms with Gasteiger partial charge in [0.2, 0.25) is 5.96 Å². The Balaban J connectivity index is 1.83. The summed E-state index contributed by atoms with van der Waals surface area (Å²) < 4.78 is 0. The number of hydrogen-bond acceptors (Lipinski definition) is 3. The van der Waals surface area contributed by atoms with E-state index < -0.39 is 0 Å². The quantitative estimate of drug-likeness (QED) is 0.407. The topological polar surface area (TPSA) is 82.2 Å². The van der Waals surface area contributed by atoms with E-state index >= 15 is 0 Å². The number of nitrogens with zero attached hydrogens (tertiary/aromatic N) is 2. The second kappa shape index (κ2) is 9.59. The van der Waals surface area contributed by atoms with Crippen LogP contribution in [0.25, 0.3) is 0 Å². The van der Waals surface area contributed by atoms with Crippen LogP contribution in [0.3, 0.4) is 0 Å². The Morgan fingerprint density at radius 3 is 2.67 bits per heavy atom. The van der Waals surface area contributed by atoms with Gasteiger partial charge in [0.05, 0.1) is 6.33 Å². The average molecular weight is 424 g/mol. The molecule has 1 amide bonds. The molecular formula is C23H26ClN5O. The number of H-pyrrole nitrogens is 1. The van der Waals surface area contributed by atoms with E-state index in [0.29, 0.717) is 29.5 Å². The molecule has 0 saturated heterocycles. The fraction of sp³-hybridized carbons (Fsp3) is 0.261. The van der Waals surface area contributed by atoms with E-state index in [-0.39, 0.29) is 11.3 Å². The van der Waals surface area contributed by atoms with E-state index in [4.69, 9.17) is 11.6 Å². The minimum Gasteiger partial charge on any atom is -0.348 e. The number of amides is 1. The zero-order valence-electron chi connectivity index (χ0n) is 17.4. The van der Waals surface area contributed by atoms with Crippen LogP contribution >= 0.6 is 11.6 Å². The standard InChI is InChI=1S/C23H26ClN5O/c1-23(2,3)19-9-4-5-10-20(19)28-22(26-12-11-18-14-25-15-27-18)29-21(30)16-7-6-8-17(24)13-16/h4-10,13-15H,11-12H2,1-3H3,(H,25,27)(H2,26,28,29,30). The third kappa shape index (κ3) is 5.94. The summed E-state index contributed by atoms with van der Waals surface area (Å²) in [6.45, 7) is 6.92. The van der Waals surface area contributed by atoms with Gasteiger partial charge < -0.3 is 10.3 Å². The molecule has 0 aliphatic rings. The first-order valence-electron chi connectivity index (χ1n) is 9.78. The molecule has 3 aromatic rings. The summed E-state index contributed by atoms with van der Waals surface area (Å²) in [5.74, 6) is 0.106. The van der Waals surface area contributed by atoms with Crippen molar-refractivity contribution in [3.05, 3.63) is 82.9 Å². The number of rotatable bonds is 5. The van der Waals surface area contributed by atoms with Crippen molar-refractivity contribution in [3.8, 4) is 0 Å². The molecule has 0 spiro atoms. The Morgan fingerprint density at radius 2 is 1.97 bits per heavy atom. The summed E-state index contributed by atoms with van der Waals surface area (Å²) in [5.41, 5.74) is 3.41. The molecule has 3 rings (SSSR count). The molecule has 0 aliphatic carbocycles. The first-order valence-corrected chi connectivity index (χ1v) is 10.2. The van der Waals surface area contributed by atoms with Crippen LogP contribution < -0.4 is 10.6 Å². The number of carbonyl (C=O) groups excluding carboxylic acids is 1. The minimum atomic E-state index is -0.279. The lowest BCUT2D eigenvalue weighted by molar-refractivity contribution is 0.0977. The normalized spacial score (nSPS) is 11.9. The molecule has 0 aliphatic heterocycles. The highest BCUT2D eigenvalue weighted by molar-refractivity contribution is 6.31. The number of aromatic amines is 1. The zero-order chi connectivity index (χ0) is 21.6. The van der Waals surface area contributed by atoms with Crippen LogP contribution in [0.15, 0.2) is 66.0 Å². The fourth-order valence-corrected chi connectivity index (χ4v) is 3.19. The number of anilines is 1. The van der Waals surface area contributed by atoms with E-state index in [1.54, 1.807) is 36.8 Å². The lowest BCUT2D eigenvalue weighted by Gasteiger charge is -2.24. The molecular weight excluding hydrogens is 398 g/mol. The highest BCUT2D eigenvalue weighted by atomic mass is 35.5. The second-order valence-corrected chi connectivity index (χ2v) is 8.38. The van der Waals surface area contributed by atoms with Crippen LogP contribution in [0.2, 0.25) is 5.02 Å². The summed E-state index contributed by atoms with van der Waals surface area (Å²) in [7, 11) is 0. The molecule has 3 N–H and O–H groups in total. The van der Waals surface area contributed by atoms with Crippen LogP contribution in [0.5, 0.6) is 0 Å². The zero-order valence-corrected chi connectivity index (χ0v) is 18.1. The third-order valence-corrected chi connectivity index (χ3v) is 4.75. The van der Waals surface area contributed by atoms with Gasteiger partial charge in [-0.15, -0.1) is 0 Å². The largest absolute Gasteiger partial charge is 0.348 e. The fourth-order valence-electron chi connectivity index (χ4n) is 3.00. The van der Waals surface area contributed by atoms with Crippen molar-refractivity contribution in [1.29, 1.82) is 0 Å². The van der Waals surface area contributed by atoms with E-state index in [1.165, 1.54) is 0 Å². The molecule has 0 bridgehead atoms. The third-order valence-electron chi connectivity index (χ3n) is 4.51. The molecule has 0 unspecified atom stereocenters. The van der Waals surface area contributed by atoms with Gasteiger partial charge in [-0.05, 0) is 35.2 Å². The van der Waals surface area contributed by atoms with Gasteiger partial charge in [-0.1, -0.05) is 56.6 Å². The summed E-state index contributed by atoms with van der Waals surface area (Å²) in [6.07, 6.45) is 4.08. The van der Waals surface area contributed by atoms with Gasteiger partial charge in [-0.2, -0.15) is 0 Å². The van der Waals surface area contributed by atoms with Crippen molar-refractivity contribution in [3.63, 3.8) is 0 Å². The second-order valence-electron chi connectivity index (χ2n) is 7.94. The molecule has 0 fully saturated rings. The minimum absolute atomic E-state index is 0.0679. The molecule has 0 saturated carbocycles. The molecule has 0 atom stereocenters. The molecule has 6 nitrogen and oxygen atoms in total. The molecule has 1 heterocycles. The number of benzene rings is 2. The molecule has 7 heteroatoms. The van der Waals surface area contributed by atoms with Crippen LogP contribution in [0.1, 0.15) is 42.4 Å². The lowest BCUT2D eigenvalue weighted by atomic mass is 9.86. The number of imidazole rings is 1. The summed E-state index contributed by atoms with van der Waals surface area (Å²) in [4.78, 5) is 24.4. The lowest BCUT2D eigenvalue weighted by Crippen LogP contribution is -2.37. The van der Waals surface area contributed by atoms with Crippen molar-refractivity contribution in [1.82, 2.24) is 15.3 Å². The Hall–Kier alpha value is -3.12. The van der Waals surface area contributed by atoms with Crippen molar-refractivity contribution in [2.45, 2.75) is 32.6 Å². The molecule has 2 aromatic carbocycles. The molecule has 30 heavy (non-hydrogen) atoms. The molecule has 156 valence electrons. The number of para-hydroxylation sites is 1. The first kappa shape index (κ1) is 21.6. The predicted octanol–water partition coefficient (Wildman–Crippen LogP) is 4.80. The first-order chi connectivity index (χ1) is 14.3. The van der Waals surface area contributed by atoms with Gasteiger partial charge in [0.15, 0.2) is 0 Å². The van der Waals surface area contributed by atoms with Crippen molar-refractivity contribution in [2.75, 3.05) is 11.9 Å². The highest BCUT2D eigenvalue weighted by Gasteiger charge is 2.19. The predicted molar refractivity (Wildman–Crippen MR) is 122 cm³/mol. The van der Waals surface area contributed by atoms with Crippen LogP contribution in [0.4, 0.5) is 5.69 Å². The Bertz CT molecular complexity index is 1020. The maximum absolute atomic E-state index is 12.8. The van der Waals surface area contributed by atoms with Gasteiger partial charge in [0.25, 0.3) is 5.91 Å². The summed E-state index contributed by atoms with van der Waals surface area (Å²) in [6, 6.07) is 14.8. The number of aromatic nitrogens is 2. The van der Waals surface area contributed by atoms with Gasteiger partial charge in [0, 0.05) is 41.1 Å². The summed E-state index contributed by atoms with van der Waals surface area (Å²) >= 11 is 6.03. The smallest absolute Gasteiger partial charge is 0.258 e. The summed E-state index contributed by atoms with van der Waals surface area (Å²) in [5, 5.41) is 6.70. The number of halogens is 1. The highest BCUT2D eigenvalue weighted by Crippen LogP contribution is 2.29. The van der Waals surface area contributed by atoms with Crippen molar-refractivity contribution >= 4 is 29.2 Å². The van der Waals surface area contributed by atoms with Crippen LogP contribution in [-0.4, -0.2) is 28.4 Å². The molecule has 0 radical (unpaired) electrons. The number of carbonyl (C=O) groups is 1. The molecule has 1 aromatic heterocycles.